The summed E-state index contributed by atoms with van der Waals surface area (Å²) in [5, 5.41) is 10.6. The highest BCUT2D eigenvalue weighted by Crippen LogP contribution is 2.45. The van der Waals surface area contributed by atoms with E-state index in [0.29, 0.717) is 25.7 Å². The second kappa shape index (κ2) is 64.3. The van der Waals surface area contributed by atoms with E-state index in [4.69, 9.17) is 37.0 Å². The Balaban J connectivity index is 5.26. The predicted molar refractivity (Wildman–Crippen MR) is 358 cm³/mol. The van der Waals surface area contributed by atoms with Crippen molar-refractivity contribution in [2.75, 3.05) is 39.6 Å². The normalized spacial score (nSPS) is 14.2. The van der Waals surface area contributed by atoms with Crippen LogP contribution < -0.4 is 0 Å². The minimum absolute atomic E-state index is 0.0859. The minimum atomic E-state index is -4.96. The van der Waals surface area contributed by atoms with Gasteiger partial charge in [-0.2, -0.15) is 0 Å². The standard InChI is InChI=1S/C70H132O17P2/c1-5-9-13-17-21-25-28-30-32-34-36-40-43-47-51-55-68(73)81-61-66(87-70(75)57-53-49-45-41-37-35-33-31-29-26-22-18-14-10-6-2)63-85-89(78,79)83-59-64(71)58-82-88(76,77)84-62-65(60-80-67(72)54-50-46-42-38-24-20-16-12-8-4)86-69(74)56-52-48-44-39-27-23-19-15-11-7-3/h26,29,31,33,64-66,71H,5-25,27-28,30,32,34-63H2,1-4H3,(H,76,77)(H,78,79)/b29-26-,33-31-/t64-,65+,66+/m0/s1. The van der Waals surface area contributed by atoms with Gasteiger partial charge in [-0.15, -0.1) is 0 Å². The Morgan fingerprint density at radius 1 is 0.315 bits per heavy atom. The van der Waals surface area contributed by atoms with Crippen LogP contribution in [0.2, 0.25) is 0 Å². The van der Waals surface area contributed by atoms with E-state index >= 15 is 0 Å². The van der Waals surface area contributed by atoms with Crippen LogP contribution in [0, 0.1) is 0 Å². The lowest BCUT2D eigenvalue weighted by atomic mass is 10.0. The van der Waals surface area contributed by atoms with E-state index in [2.05, 4.69) is 52.0 Å². The van der Waals surface area contributed by atoms with Gasteiger partial charge in [0.25, 0.3) is 0 Å². The van der Waals surface area contributed by atoms with Gasteiger partial charge < -0.3 is 33.8 Å². The largest absolute Gasteiger partial charge is 0.472 e. The molecule has 3 N–H and O–H groups in total. The quantitative estimate of drug-likeness (QED) is 0.0169. The molecule has 0 aliphatic carbocycles. The first-order valence-electron chi connectivity index (χ1n) is 36.1. The van der Waals surface area contributed by atoms with Crippen molar-refractivity contribution in [1.82, 2.24) is 0 Å². The summed E-state index contributed by atoms with van der Waals surface area (Å²) in [6, 6.07) is 0. The van der Waals surface area contributed by atoms with E-state index in [1.165, 1.54) is 161 Å². The number of carbonyl (C=O) groups excluding carboxylic acids is 4. The fourth-order valence-corrected chi connectivity index (χ4v) is 11.7. The zero-order valence-corrected chi connectivity index (χ0v) is 58.7. The highest BCUT2D eigenvalue weighted by Gasteiger charge is 2.30. The van der Waals surface area contributed by atoms with Crippen molar-refractivity contribution in [3.05, 3.63) is 24.3 Å². The average Bonchev–Trinajstić information content (AvgIpc) is 3.60. The second-order valence-corrected chi connectivity index (χ2v) is 27.5. The van der Waals surface area contributed by atoms with Crippen LogP contribution in [0.15, 0.2) is 24.3 Å². The van der Waals surface area contributed by atoms with Crippen LogP contribution in [0.1, 0.15) is 342 Å². The van der Waals surface area contributed by atoms with Crippen molar-refractivity contribution in [1.29, 1.82) is 0 Å². The van der Waals surface area contributed by atoms with Crippen molar-refractivity contribution in [3.63, 3.8) is 0 Å². The Bertz CT molecular complexity index is 1800. The van der Waals surface area contributed by atoms with Crippen LogP contribution in [0.25, 0.3) is 0 Å². The molecule has 0 aromatic carbocycles. The number of ether oxygens (including phenoxy) is 4. The summed E-state index contributed by atoms with van der Waals surface area (Å²) in [5.41, 5.74) is 0. The molecule has 17 nitrogen and oxygen atoms in total. The van der Waals surface area contributed by atoms with Crippen LogP contribution in [-0.2, 0) is 65.4 Å². The highest BCUT2D eigenvalue weighted by atomic mass is 31.2. The molecular weight excluding hydrogens is 1170 g/mol. The average molecular weight is 1310 g/mol. The van der Waals surface area contributed by atoms with Gasteiger partial charge in [-0.1, -0.05) is 290 Å². The van der Waals surface area contributed by atoms with Gasteiger partial charge >= 0.3 is 39.5 Å². The van der Waals surface area contributed by atoms with Crippen LogP contribution in [0.5, 0.6) is 0 Å². The molecule has 0 rings (SSSR count). The Morgan fingerprint density at radius 2 is 0.539 bits per heavy atom. The van der Waals surface area contributed by atoms with Gasteiger partial charge in [0, 0.05) is 25.7 Å². The molecule has 0 fully saturated rings. The molecule has 0 bridgehead atoms. The topological polar surface area (TPSA) is 237 Å². The van der Waals surface area contributed by atoms with Gasteiger partial charge in [0.05, 0.1) is 26.4 Å². The molecule has 0 aliphatic rings. The summed E-state index contributed by atoms with van der Waals surface area (Å²) in [7, 11) is -9.91. The van der Waals surface area contributed by atoms with E-state index < -0.39 is 97.5 Å². The van der Waals surface area contributed by atoms with E-state index in [-0.39, 0.29) is 25.7 Å². The Morgan fingerprint density at radius 3 is 0.820 bits per heavy atom. The van der Waals surface area contributed by atoms with Gasteiger partial charge in [-0.05, 0) is 51.4 Å². The third kappa shape index (κ3) is 64.1. The third-order valence-corrected chi connectivity index (χ3v) is 17.6. The summed E-state index contributed by atoms with van der Waals surface area (Å²) < 4.78 is 68.2. The number of aliphatic hydroxyl groups excluding tert-OH is 1. The zero-order chi connectivity index (χ0) is 65.4. The minimum Gasteiger partial charge on any atom is -0.462 e. The number of rotatable bonds is 69. The first kappa shape index (κ1) is 86.5. The third-order valence-electron chi connectivity index (χ3n) is 15.7. The number of phosphoric acid groups is 2. The molecule has 0 aromatic heterocycles. The van der Waals surface area contributed by atoms with Crippen molar-refractivity contribution in [2.45, 2.75) is 361 Å². The van der Waals surface area contributed by atoms with Gasteiger partial charge in [0.1, 0.15) is 19.3 Å². The number of carbonyl (C=O) groups is 4. The number of hydrogen-bond acceptors (Lipinski definition) is 15. The molecule has 0 aliphatic heterocycles. The van der Waals surface area contributed by atoms with Gasteiger partial charge in [0.2, 0.25) is 0 Å². The van der Waals surface area contributed by atoms with Gasteiger partial charge in [0.15, 0.2) is 12.2 Å². The lowest BCUT2D eigenvalue weighted by molar-refractivity contribution is -0.161. The number of unbranched alkanes of at least 4 members (excludes halogenated alkanes) is 40. The molecule has 0 radical (unpaired) electrons. The van der Waals surface area contributed by atoms with Crippen molar-refractivity contribution in [3.8, 4) is 0 Å². The maximum atomic E-state index is 13.0. The molecule has 19 heteroatoms. The summed E-state index contributed by atoms with van der Waals surface area (Å²) >= 11 is 0. The lowest BCUT2D eigenvalue weighted by Gasteiger charge is -2.21. The second-order valence-electron chi connectivity index (χ2n) is 24.6. The van der Waals surface area contributed by atoms with Crippen LogP contribution in [0.3, 0.4) is 0 Å². The maximum Gasteiger partial charge on any atom is 0.472 e. The molecule has 0 saturated carbocycles. The van der Waals surface area contributed by atoms with E-state index in [0.717, 1.165) is 103 Å². The number of hydrogen-bond donors (Lipinski definition) is 3. The molecule has 5 atom stereocenters. The highest BCUT2D eigenvalue weighted by molar-refractivity contribution is 7.47. The van der Waals surface area contributed by atoms with Crippen molar-refractivity contribution < 1.29 is 80.2 Å². The number of phosphoric ester groups is 2. The maximum absolute atomic E-state index is 13.0. The molecule has 0 heterocycles. The van der Waals surface area contributed by atoms with Crippen LogP contribution in [0.4, 0.5) is 0 Å². The number of allylic oxidation sites excluding steroid dienone is 4. The summed E-state index contributed by atoms with van der Waals surface area (Å²) in [6.45, 7) is 4.85. The predicted octanol–water partition coefficient (Wildman–Crippen LogP) is 19.8. The van der Waals surface area contributed by atoms with Crippen molar-refractivity contribution in [2.24, 2.45) is 0 Å². The molecule has 0 aromatic rings. The Hall–Kier alpha value is -2.46. The Labute approximate surface area is 542 Å². The van der Waals surface area contributed by atoms with E-state index in [1.54, 1.807) is 0 Å². The zero-order valence-electron chi connectivity index (χ0n) is 56.9. The summed E-state index contributed by atoms with van der Waals surface area (Å²) in [5.74, 6) is -2.15. The molecular formula is C70H132O17P2. The van der Waals surface area contributed by atoms with Crippen molar-refractivity contribution >= 4 is 39.5 Å². The fraction of sp³-hybridized carbons (Fsp3) is 0.886. The van der Waals surface area contributed by atoms with Gasteiger partial charge in [-0.3, -0.25) is 37.3 Å². The first-order valence-corrected chi connectivity index (χ1v) is 39.1. The molecule has 524 valence electrons. The SMILES string of the molecule is CCCCCC/C=C\C=C/CCCCCCCC(=O)O[C@H](COC(=O)CCCCCCCCCCCCCCCCC)COP(=O)(O)OC[C@@H](O)COP(=O)(O)OC[C@@H](COC(=O)CCCCCCCCCCC)OC(=O)CCCCCCCCCCCC. The number of aliphatic hydroxyl groups is 1. The monoisotopic (exact) mass is 1310 g/mol. The van der Waals surface area contributed by atoms with Gasteiger partial charge in [-0.25, -0.2) is 9.13 Å². The summed E-state index contributed by atoms with van der Waals surface area (Å²) in [4.78, 5) is 72.4. The molecule has 0 amide bonds. The van der Waals surface area contributed by atoms with E-state index in [1.807, 2.05) is 0 Å². The molecule has 2 unspecified atom stereocenters. The first-order chi connectivity index (χ1) is 43.2. The number of esters is 4. The van der Waals surface area contributed by atoms with E-state index in [9.17, 15) is 43.2 Å². The lowest BCUT2D eigenvalue weighted by Crippen LogP contribution is -2.30. The van der Waals surface area contributed by atoms with Crippen LogP contribution >= 0.6 is 15.6 Å². The molecule has 0 spiro atoms. The Kier molecular flexibility index (Phi) is 62.5. The molecule has 0 saturated heterocycles. The summed E-state index contributed by atoms with van der Waals surface area (Å²) in [6.07, 6.45) is 54.8. The fourth-order valence-electron chi connectivity index (χ4n) is 10.2. The smallest absolute Gasteiger partial charge is 0.462 e. The molecule has 89 heavy (non-hydrogen) atoms. The van der Waals surface area contributed by atoms with Crippen LogP contribution in [-0.4, -0.2) is 96.7 Å².